The molecule has 0 bridgehead atoms. The SMILES string of the molecule is CC(Oc1cccc2[nH]cc(C[C@H]3CCCN3C)c12)[C@@H](C)N. The molecule has 1 fully saturated rings. The van der Waals surface area contributed by atoms with E-state index >= 15 is 0 Å². The summed E-state index contributed by atoms with van der Waals surface area (Å²) >= 11 is 0. The first kappa shape index (κ1) is 15.4. The number of likely N-dealkylation sites (tertiary alicyclic amines) is 1. The minimum absolute atomic E-state index is 0.00232. The minimum atomic E-state index is 0.00232. The largest absolute Gasteiger partial charge is 0.488 e. The summed E-state index contributed by atoms with van der Waals surface area (Å²) in [6.07, 6.45) is 5.79. The van der Waals surface area contributed by atoms with Gasteiger partial charge in [-0.15, -0.1) is 0 Å². The van der Waals surface area contributed by atoms with E-state index in [9.17, 15) is 0 Å². The molecule has 120 valence electrons. The van der Waals surface area contributed by atoms with E-state index in [0.717, 1.165) is 17.7 Å². The number of rotatable bonds is 5. The molecule has 4 heteroatoms. The first-order valence-electron chi connectivity index (χ1n) is 8.27. The molecule has 1 unspecified atom stereocenters. The van der Waals surface area contributed by atoms with Crippen molar-refractivity contribution in [1.29, 1.82) is 0 Å². The molecule has 1 saturated heterocycles. The molecule has 3 atom stereocenters. The summed E-state index contributed by atoms with van der Waals surface area (Å²) in [5.41, 5.74) is 8.44. The van der Waals surface area contributed by atoms with E-state index in [1.54, 1.807) is 0 Å². The van der Waals surface area contributed by atoms with Crippen molar-refractivity contribution in [3.8, 4) is 5.75 Å². The van der Waals surface area contributed by atoms with Crippen molar-refractivity contribution in [2.75, 3.05) is 13.6 Å². The number of ether oxygens (including phenoxy) is 1. The molecule has 0 radical (unpaired) electrons. The molecule has 22 heavy (non-hydrogen) atoms. The molecule has 0 spiro atoms. The van der Waals surface area contributed by atoms with Crippen LogP contribution in [0.2, 0.25) is 0 Å². The Bertz CT molecular complexity index is 634. The molecule has 4 nitrogen and oxygen atoms in total. The number of likely N-dealkylation sites (N-methyl/N-ethyl adjacent to an activating group) is 1. The van der Waals surface area contributed by atoms with Gasteiger partial charge in [-0.1, -0.05) is 6.07 Å². The van der Waals surface area contributed by atoms with Crippen molar-refractivity contribution in [2.45, 2.75) is 51.3 Å². The van der Waals surface area contributed by atoms with E-state index in [-0.39, 0.29) is 12.1 Å². The van der Waals surface area contributed by atoms with Crippen LogP contribution in [0.15, 0.2) is 24.4 Å². The molecule has 1 aromatic heterocycles. The van der Waals surface area contributed by atoms with Crippen LogP contribution in [0.5, 0.6) is 5.75 Å². The Balaban J connectivity index is 1.90. The number of nitrogens with zero attached hydrogens (tertiary/aromatic N) is 1. The fraction of sp³-hybridized carbons (Fsp3) is 0.556. The van der Waals surface area contributed by atoms with Gasteiger partial charge in [-0.25, -0.2) is 0 Å². The number of hydrogen-bond acceptors (Lipinski definition) is 3. The van der Waals surface area contributed by atoms with Crippen LogP contribution in [0.25, 0.3) is 10.9 Å². The number of nitrogens with one attached hydrogen (secondary N) is 1. The highest BCUT2D eigenvalue weighted by Crippen LogP contribution is 2.32. The van der Waals surface area contributed by atoms with Crippen molar-refractivity contribution in [3.63, 3.8) is 0 Å². The van der Waals surface area contributed by atoms with Crippen LogP contribution in [0.4, 0.5) is 0 Å². The van der Waals surface area contributed by atoms with Crippen LogP contribution in [0, 0.1) is 0 Å². The van der Waals surface area contributed by atoms with Gasteiger partial charge in [0, 0.05) is 29.2 Å². The smallest absolute Gasteiger partial charge is 0.129 e. The van der Waals surface area contributed by atoms with Gasteiger partial charge < -0.3 is 20.4 Å². The van der Waals surface area contributed by atoms with Crippen molar-refractivity contribution >= 4 is 10.9 Å². The average Bonchev–Trinajstić information content (AvgIpc) is 3.07. The zero-order valence-electron chi connectivity index (χ0n) is 13.8. The topological polar surface area (TPSA) is 54.3 Å². The molecule has 2 aromatic rings. The summed E-state index contributed by atoms with van der Waals surface area (Å²) < 4.78 is 6.12. The highest BCUT2D eigenvalue weighted by Gasteiger charge is 2.23. The first-order valence-corrected chi connectivity index (χ1v) is 8.27. The maximum absolute atomic E-state index is 6.12. The lowest BCUT2D eigenvalue weighted by Crippen LogP contribution is -2.33. The Morgan fingerprint density at radius 2 is 2.23 bits per heavy atom. The van der Waals surface area contributed by atoms with Gasteiger partial charge in [-0.2, -0.15) is 0 Å². The number of H-pyrrole nitrogens is 1. The lowest BCUT2D eigenvalue weighted by Gasteiger charge is -2.21. The summed E-state index contributed by atoms with van der Waals surface area (Å²) in [6, 6.07) is 6.85. The molecule has 0 amide bonds. The highest BCUT2D eigenvalue weighted by atomic mass is 16.5. The number of hydrogen-bond donors (Lipinski definition) is 2. The highest BCUT2D eigenvalue weighted by molar-refractivity contribution is 5.89. The van der Waals surface area contributed by atoms with E-state index in [4.69, 9.17) is 10.5 Å². The Morgan fingerprint density at radius 1 is 1.41 bits per heavy atom. The molecular formula is C18H27N3O. The molecular weight excluding hydrogens is 274 g/mol. The number of nitrogens with two attached hydrogens (primary N) is 1. The van der Waals surface area contributed by atoms with E-state index in [1.165, 1.54) is 30.3 Å². The molecule has 2 heterocycles. The summed E-state index contributed by atoms with van der Waals surface area (Å²) in [5, 5.41) is 1.22. The van der Waals surface area contributed by atoms with E-state index in [1.807, 2.05) is 19.9 Å². The second-order valence-corrected chi connectivity index (χ2v) is 6.66. The minimum Gasteiger partial charge on any atom is -0.488 e. The fourth-order valence-electron chi connectivity index (χ4n) is 3.28. The molecule has 1 aliphatic rings. The van der Waals surface area contributed by atoms with Crippen molar-refractivity contribution in [2.24, 2.45) is 5.73 Å². The zero-order valence-corrected chi connectivity index (χ0v) is 13.8. The predicted molar refractivity (Wildman–Crippen MR) is 91.4 cm³/mol. The average molecular weight is 301 g/mol. The molecule has 0 saturated carbocycles. The van der Waals surface area contributed by atoms with Gasteiger partial charge in [0.25, 0.3) is 0 Å². The normalized spacial score (nSPS) is 22.1. The van der Waals surface area contributed by atoms with Gasteiger partial charge >= 0.3 is 0 Å². The van der Waals surface area contributed by atoms with Crippen molar-refractivity contribution in [1.82, 2.24) is 9.88 Å². The number of benzene rings is 1. The second-order valence-electron chi connectivity index (χ2n) is 6.66. The Kier molecular flexibility index (Phi) is 4.41. The van der Waals surface area contributed by atoms with Crippen LogP contribution in [-0.2, 0) is 6.42 Å². The summed E-state index contributed by atoms with van der Waals surface area (Å²) in [5.74, 6) is 0.944. The van der Waals surface area contributed by atoms with Crippen molar-refractivity contribution < 1.29 is 4.74 Å². The number of fused-ring (bicyclic) bond motifs is 1. The Hall–Kier alpha value is -1.52. The molecule has 3 rings (SSSR count). The quantitative estimate of drug-likeness (QED) is 0.893. The number of aromatic amines is 1. The Labute approximate surface area is 132 Å². The van der Waals surface area contributed by atoms with Gasteiger partial charge in [0.2, 0.25) is 0 Å². The fourth-order valence-corrected chi connectivity index (χ4v) is 3.28. The van der Waals surface area contributed by atoms with E-state index in [0.29, 0.717) is 6.04 Å². The van der Waals surface area contributed by atoms with Crippen LogP contribution in [-0.4, -0.2) is 41.7 Å². The van der Waals surface area contributed by atoms with Gasteiger partial charge in [0.15, 0.2) is 0 Å². The van der Waals surface area contributed by atoms with Crippen LogP contribution in [0.3, 0.4) is 0 Å². The predicted octanol–water partition coefficient (Wildman–Crippen LogP) is 2.92. The third kappa shape index (κ3) is 2.99. The number of aromatic nitrogens is 1. The van der Waals surface area contributed by atoms with Crippen LogP contribution in [0.1, 0.15) is 32.3 Å². The van der Waals surface area contributed by atoms with Crippen molar-refractivity contribution in [3.05, 3.63) is 30.0 Å². The van der Waals surface area contributed by atoms with E-state index in [2.05, 4.69) is 35.3 Å². The zero-order chi connectivity index (χ0) is 15.7. The second kappa shape index (κ2) is 6.31. The summed E-state index contributed by atoms with van der Waals surface area (Å²) in [4.78, 5) is 5.86. The molecule has 0 aliphatic carbocycles. The van der Waals surface area contributed by atoms with Crippen LogP contribution < -0.4 is 10.5 Å². The van der Waals surface area contributed by atoms with Crippen LogP contribution >= 0.6 is 0 Å². The summed E-state index contributed by atoms with van der Waals surface area (Å²) in [6.45, 7) is 5.22. The third-order valence-electron chi connectivity index (χ3n) is 4.93. The standard InChI is InChI=1S/C18H27N3O/c1-12(19)13(2)22-17-8-4-7-16-18(17)14(11-20-16)10-15-6-5-9-21(15)3/h4,7-8,11-13,15,20H,5-6,9-10,19H2,1-3H3/t12-,13?,15-/m1/s1. The Morgan fingerprint density at radius 3 is 2.91 bits per heavy atom. The monoisotopic (exact) mass is 301 g/mol. The maximum atomic E-state index is 6.12. The molecule has 3 N–H and O–H groups in total. The van der Waals surface area contributed by atoms with Gasteiger partial charge in [-0.3, -0.25) is 0 Å². The third-order valence-corrected chi connectivity index (χ3v) is 4.93. The first-order chi connectivity index (χ1) is 10.6. The van der Waals surface area contributed by atoms with Gasteiger partial charge in [0.05, 0.1) is 0 Å². The lowest BCUT2D eigenvalue weighted by atomic mass is 10.0. The maximum Gasteiger partial charge on any atom is 0.129 e. The summed E-state index contributed by atoms with van der Waals surface area (Å²) in [7, 11) is 2.22. The van der Waals surface area contributed by atoms with E-state index < -0.39 is 0 Å². The molecule has 1 aromatic carbocycles. The van der Waals surface area contributed by atoms with Gasteiger partial charge in [0.1, 0.15) is 11.9 Å². The molecule has 1 aliphatic heterocycles. The lowest BCUT2D eigenvalue weighted by molar-refractivity contribution is 0.199. The van der Waals surface area contributed by atoms with Gasteiger partial charge in [-0.05, 0) is 64.4 Å².